The maximum atomic E-state index is 12.5. The molecule has 1 rings (SSSR count). The lowest BCUT2D eigenvalue weighted by Crippen LogP contribution is -2.52. The first-order valence-corrected chi connectivity index (χ1v) is 8.16. The van der Waals surface area contributed by atoms with Gasteiger partial charge in [-0.05, 0) is 19.8 Å². The first-order valence-electron chi connectivity index (χ1n) is 6.68. The summed E-state index contributed by atoms with van der Waals surface area (Å²) in [6.07, 6.45) is 1.11. The van der Waals surface area contributed by atoms with Crippen molar-refractivity contribution < 1.29 is 22.4 Å². The second kappa shape index (κ2) is 6.59. The minimum absolute atomic E-state index is 0.0809. The highest BCUT2D eigenvalue weighted by molar-refractivity contribution is 7.89. The molecule has 21 heavy (non-hydrogen) atoms. The standard InChI is InChI=1S/C13H22N2O5S/c1-5-13(6-2,8-14)15-21(17,18)11-7-10(12(16)19-4)20-9(11)3/h7,15H,5-6,8,14H2,1-4H3. The fourth-order valence-electron chi connectivity index (χ4n) is 2.00. The highest BCUT2D eigenvalue weighted by Crippen LogP contribution is 2.24. The molecule has 0 saturated heterocycles. The van der Waals surface area contributed by atoms with Gasteiger partial charge < -0.3 is 14.9 Å². The molecular weight excluding hydrogens is 296 g/mol. The lowest BCUT2D eigenvalue weighted by Gasteiger charge is -2.30. The Labute approximate surface area is 124 Å². The van der Waals surface area contributed by atoms with Crippen molar-refractivity contribution in [2.75, 3.05) is 13.7 Å². The van der Waals surface area contributed by atoms with Crippen molar-refractivity contribution in [3.8, 4) is 0 Å². The molecule has 0 aliphatic carbocycles. The fourth-order valence-corrected chi connectivity index (χ4v) is 3.73. The van der Waals surface area contributed by atoms with Crippen molar-refractivity contribution in [2.45, 2.75) is 44.0 Å². The number of carbonyl (C=O) groups excluding carboxylic acids is 1. The molecule has 1 aromatic heterocycles. The van der Waals surface area contributed by atoms with Crippen molar-refractivity contribution in [1.82, 2.24) is 4.72 Å². The van der Waals surface area contributed by atoms with Gasteiger partial charge in [0.1, 0.15) is 10.7 Å². The number of sulfonamides is 1. The van der Waals surface area contributed by atoms with Gasteiger partial charge in [-0.3, -0.25) is 0 Å². The van der Waals surface area contributed by atoms with Gasteiger partial charge in [0.25, 0.3) is 0 Å². The molecule has 0 aliphatic rings. The zero-order valence-corrected chi connectivity index (χ0v) is 13.5. The topological polar surface area (TPSA) is 112 Å². The van der Waals surface area contributed by atoms with Crippen molar-refractivity contribution >= 4 is 16.0 Å². The number of hydrogen-bond donors (Lipinski definition) is 2. The van der Waals surface area contributed by atoms with E-state index < -0.39 is 21.5 Å². The van der Waals surface area contributed by atoms with Crippen LogP contribution in [0.1, 0.15) is 43.0 Å². The van der Waals surface area contributed by atoms with E-state index in [2.05, 4.69) is 9.46 Å². The van der Waals surface area contributed by atoms with Gasteiger partial charge in [0, 0.05) is 18.2 Å². The Hall–Kier alpha value is -1.38. The number of ether oxygens (including phenoxy) is 1. The predicted molar refractivity (Wildman–Crippen MR) is 77.5 cm³/mol. The van der Waals surface area contributed by atoms with Gasteiger partial charge >= 0.3 is 5.97 Å². The molecule has 0 aromatic carbocycles. The summed E-state index contributed by atoms with van der Waals surface area (Å²) in [4.78, 5) is 11.3. The van der Waals surface area contributed by atoms with Crippen molar-refractivity contribution in [3.63, 3.8) is 0 Å². The van der Waals surface area contributed by atoms with E-state index in [0.717, 1.165) is 6.07 Å². The lowest BCUT2D eigenvalue weighted by atomic mass is 9.95. The van der Waals surface area contributed by atoms with E-state index in [9.17, 15) is 13.2 Å². The van der Waals surface area contributed by atoms with Crippen molar-refractivity contribution in [3.05, 3.63) is 17.6 Å². The Balaban J connectivity index is 3.20. The molecule has 1 aromatic rings. The largest absolute Gasteiger partial charge is 0.463 e. The molecule has 0 radical (unpaired) electrons. The molecule has 0 unspecified atom stereocenters. The van der Waals surface area contributed by atoms with E-state index in [1.165, 1.54) is 14.0 Å². The smallest absolute Gasteiger partial charge is 0.373 e. The first-order chi connectivity index (χ1) is 9.75. The zero-order valence-electron chi connectivity index (χ0n) is 12.7. The van der Waals surface area contributed by atoms with Crippen LogP contribution >= 0.6 is 0 Å². The average molecular weight is 318 g/mol. The molecule has 0 amide bonds. The number of hydrogen-bond acceptors (Lipinski definition) is 6. The molecule has 120 valence electrons. The highest BCUT2D eigenvalue weighted by Gasteiger charge is 2.33. The quantitative estimate of drug-likeness (QED) is 0.730. The number of esters is 1. The number of aryl methyl sites for hydroxylation is 1. The third-order valence-electron chi connectivity index (χ3n) is 3.64. The second-order valence-corrected chi connectivity index (χ2v) is 6.47. The maximum absolute atomic E-state index is 12.5. The van der Waals surface area contributed by atoms with E-state index in [0.29, 0.717) is 12.8 Å². The molecule has 0 fully saturated rings. The first kappa shape index (κ1) is 17.7. The van der Waals surface area contributed by atoms with E-state index in [1.54, 1.807) is 0 Å². The summed E-state index contributed by atoms with van der Waals surface area (Å²) in [5, 5.41) is 0. The SMILES string of the molecule is CCC(CC)(CN)NS(=O)(=O)c1cc(C(=O)OC)oc1C. The van der Waals surface area contributed by atoms with Crippen LogP contribution in [0.2, 0.25) is 0 Å². The van der Waals surface area contributed by atoms with E-state index >= 15 is 0 Å². The Morgan fingerprint density at radius 3 is 2.43 bits per heavy atom. The van der Waals surface area contributed by atoms with E-state index in [4.69, 9.17) is 10.2 Å². The number of furan rings is 1. The van der Waals surface area contributed by atoms with Crippen molar-refractivity contribution in [2.24, 2.45) is 5.73 Å². The van der Waals surface area contributed by atoms with Crippen LogP contribution in [-0.2, 0) is 14.8 Å². The lowest BCUT2D eigenvalue weighted by molar-refractivity contribution is 0.0563. The fraction of sp³-hybridized carbons (Fsp3) is 0.615. The molecule has 0 saturated carbocycles. The Morgan fingerprint density at radius 2 is 2.00 bits per heavy atom. The molecule has 1 heterocycles. The highest BCUT2D eigenvalue weighted by atomic mass is 32.2. The molecule has 0 aliphatic heterocycles. The summed E-state index contributed by atoms with van der Waals surface area (Å²) in [5.74, 6) is -0.752. The van der Waals surface area contributed by atoms with Crippen LogP contribution < -0.4 is 10.5 Å². The van der Waals surface area contributed by atoms with Crippen molar-refractivity contribution in [1.29, 1.82) is 0 Å². The Kier molecular flexibility index (Phi) is 5.54. The van der Waals surface area contributed by atoms with Gasteiger partial charge in [0.05, 0.1) is 7.11 Å². The minimum Gasteiger partial charge on any atom is -0.463 e. The van der Waals surface area contributed by atoms with Crippen LogP contribution in [0, 0.1) is 6.92 Å². The third kappa shape index (κ3) is 3.63. The molecular formula is C13H22N2O5S. The monoisotopic (exact) mass is 318 g/mol. The van der Waals surface area contributed by atoms with Crippen LogP contribution in [0.25, 0.3) is 0 Å². The summed E-state index contributed by atoms with van der Waals surface area (Å²) in [6, 6.07) is 1.16. The molecule has 8 heteroatoms. The number of nitrogens with one attached hydrogen (secondary N) is 1. The summed E-state index contributed by atoms with van der Waals surface area (Å²) in [5.41, 5.74) is 4.99. The maximum Gasteiger partial charge on any atom is 0.373 e. The van der Waals surface area contributed by atoms with Gasteiger partial charge in [-0.15, -0.1) is 0 Å². The molecule has 0 spiro atoms. The number of methoxy groups -OCH3 is 1. The number of nitrogens with two attached hydrogens (primary N) is 1. The Bertz CT molecular complexity index is 594. The van der Waals surface area contributed by atoms with Crippen LogP contribution in [0.4, 0.5) is 0 Å². The third-order valence-corrected chi connectivity index (χ3v) is 5.33. The summed E-state index contributed by atoms with van der Waals surface area (Å²) < 4.78 is 37.3. The van der Waals surface area contributed by atoms with Gasteiger partial charge in [0.15, 0.2) is 0 Å². The normalized spacial score (nSPS) is 12.4. The Morgan fingerprint density at radius 1 is 1.43 bits per heavy atom. The van der Waals surface area contributed by atoms with E-state index in [1.807, 2.05) is 13.8 Å². The minimum atomic E-state index is -3.84. The van der Waals surface area contributed by atoms with Crippen LogP contribution in [0.3, 0.4) is 0 Å². The van der Waals surface area contributed by atoms with Crippen LogP contribution in [-0.4, -0.2) is 33.6 Å². The molecule has 0 atom stereocenters. The summed E-state index contributed by atoms with van der Waals surface area (Å²) in [6.45, 7) is 5.38. The van der Waals surface area contributed by atoms with Gasteiger partial charge in [-0.1, -0.05) is 13.8 Å². The van der Waals surface area contributed by atoms with E-state index in [-0.39, 0.29) is 23.0 Å². The number of rotatable bonds is 7. The van der Waals surface area contributed by atoms with Gasteiger partial charge in [0.2, 0.25) is 15.8 Å². The van der Waals surface area contributed by atoms with Gasteiger partial charge in [-0.25, -0.2) is 17.9 Å². The van der Waals surface area contributed by atoms with Crippen LogP contribution in [0.15, 0.2) is 15.4 Å². The summed E-state index contributed by atoms with van der Waals surface area (Å²) in [7, 11) is -2.64. The average Bonchev–Trinajstić information content (AvgIpc) is 2.87. The van der Waals surface area contributed by atoms with Gasteiger partial charge in [-0.2, -0.15) is 0 Å². The molecule has 0 bridgehead atoms. The summed E-state index contributed by atoms with van der Waals surface area (Å²) >= 11 is 0. The second-order valence-electron chi connectivity index (χ2n) is 4.82. The van der Waals surface area contributed by atoms with Crippen LogP contribution in [0.5, 0.6) is 0 Å². The predicted octanol–water partition coefficient (Wildman–Crippen LogP) is 1.17. The zero-order chi connectivity index (χ0) is 16.3. The molecule has 7 nitrogen and oxygen atoms in total. The molecule has 3 N–H and O–H groups in total. The number of carbonyl (C=O) groups is 1.